The molecule has 0 aromatic heterocycles. The first-order valence-electron chi connectivity index (χ1n) is 2.49. The second-order valence-corrected chi connectivity index (χ2v) is 0.632. The Hall–Kier alpha value is -0.160. The first kappa shape index (κ1) is 23.2. The summed E-state index contributed by atoms with van der Waals surface area (Å²) < 4.78 is 0. The molecule has 0 spiro atoms. The average Bonchev–Trinajstić information content (AvgIpc) is 1.75. The van der Waals surface area contributed by atoms with Gasteiger partial charge in [-0.25, -0.2) is 0 Å². The molecule has 62 valence electrons. The molecular weight excluding hydrogens is 122 g/mol. The van der Waals surface area contributed by atoms with Gasteiger partial charge in [0.25, 0.3) is 0 Å². The summed E-state index contributed by atoms with van der Waals surface area (Å²) in [6.07, 6.45) is 0. The van der Waals surface area contributed by atoms with Gasteiger partial charge in [0, 0.05) is 20.3 Å². The van der Waals surface area contributed by atoms with Gasteiger partial charge in [-0.05, 0) is 13.8 Å². The van der Waals surface area contributed by atoms with Crippen LogP contribution in [0.2, 0.25) is 0 Å². The van der Waals surface area contributed by atoms with Crippen LogP contribution in [0.1, 0.15) is 13.8 Å². The van der Waals surface area contributed by atoms with Crippen LogP contribution < -0.4 is 6.15 Å². The zero-order valence-corrected chi connectivity index (χ0v) is 6.46. The van der Waals surface area contributed by atoms with Gasteiger partial charge in [0.1, 0.15) is 0 Å². The van der Waals surface area contributed by atoms with Crippen LogP contribution in [0, 0.1) is 0 Å². The zero-order valence-electron chi connectivity index (χ0n) is 6.46. The fourth-order valence-electron chi connectivity index (χ4n) is 0. The van der Waals surface area contributed by atoms with Crippen molar-refractivity contribution in [2.75, 3.05) is 20.3 Å². The van der Waals surface area contributed by atoms with Crippen molar-refractivity contribution in [1.29, 1.82) is 0 Å². The molecule has 0 aliphatic rings. The van der Waals surface area contributed by atoms with Crippen molar-refractivity contribution in [2.24, 2.45) is 0 Å². The Labute approximate surface area is 56.7 Å². The standard InChI is InChI=1S/2C2H6O.CH4O.H3N/c2*1-2-3;1-2;/h2*3H,2H2,1H3;2H,1H3;1H3. The van der Waals surface area contributed by atoms with Gasteiger partial charge in [-0.2, -0.15) is 0 Å². The highest BCUT2D eigenvalue weighted by molar-refractivity contribution is 3.84. The Bertz CT molecular complexity index is 14.2. The van der Waals surface area contributed by atoms with E-state index in [0.29, 0.717) is 0 Å². The highest BCUT2D eigenvalue weighted by atomic mass is 16.3. The van der Waals surface area contributed by atoms with Crippen LogP contribution in [0.5, 0.6) is 0 Å². The van der Waals surface area contributed by atoms with Gasteiger partial charge >= 0.3 is 0 Å². The van der Waals surface area contributed by atoms with Crippen LogP contribution in [0.25, 0.3) is 0 Å². The molecule has 0 saturated heterocycles. The number of aliphatic hydroxyl groups is 3. The second-order valence-electron chi connectivity index (χ2n) is 0.632. The summed E-state index contributed by atoms with van der Waals surface area (Å²) in [5, 5.41) is 22.1. The van der Waals surface area contributed by atoms with Gasteiger partial charge in [0.05, 0.1) is 0 Å². The van der Waals surface area contributed by atoms with E-state index in [4.69, 9.17) is 15.3 Å². The van der Waals surface area contributed by atoms with E-state index in [0.717, 1.165) is 7.11 Å². The van der Waals surface area contributed by atoms with Crippen molar-refractivity contribution in [1.82, 2.24) is 6.15 Å². The summed E-state index contributed by atoms with van der Waals surface area (Å²) in [5.41, 5.74) is 0. The fourth-order valence-corrected chi connectivity index (χ4v) is 0. The van der Waals surface area contributed by atoms with E-state index >= 15 is 0 Å². The molecule has 9 heavy (non-hydrogen) atoms. The van der Waals surface area contributed by atoms with Crippen molar-refractivity contribution in [3.8, 4) is 0 Å². The Morgan fingerprint density at radius 3 is 0.889 bits per heavy atom. The first-order valence-corrected chi connectivity index (χ1v) is 2.49. The van der Waals surface area contributed by atoms with E-state index in [-0.39, 0.29) is 19.4 Å². The van der Waals surface area contributed by atoms with Crippen molar-refractivity contribution >= 4 is 0 Å². The van der Waals surface area contributed by atoms with Crippen molar-refractivity contribution < 1.29 is 15.3 Å². The lowest BCUT2D eigenvalue weighted by atomic mass is 10.9. The minimum absolute atomic E-state index is 0. The summed E-state index contributed by atoms with van der Waals surface area (Å²) in [7, 11) is 1.00. The summed E-state index contributed by atoms with van der Waals surface area (Å²) in [6, 6.07) is 0. The third-order valence-electron chi connectivity index (χ3n) is 0. The third kappa shape index (κ3) is 10400. The Balaban J connectivity index is -0.0000000202. The van der Waals surface area contributed by atoms with Crippen LogP contribution in [-0.2, 0) is 0 Å². The van der Waals surface area contributed by atoms with Crippen molar-refractivity contribution in [2.45, 2.75) is 13.8 Å². The molecule has 4 nitrogen and oxygen atoms in total. The van der Waals surface area contributed by atoms with Gasteiger partial charge in [0.2, 0.25) is 0 Å². The van der Waals surface area contributed by atoms with Crippen LogP contribution in [0.15, 0.2) is 0 Å². The summed E-state index contributed by atoms with van der Waals surface area (Å²) in [4.78, 5) is 0. The molecule has 4 heteroatoms. The van der Waals surface area contributed by atoms with Gasteiger partial charge in [-0.15, -0.1) is 0 Å². The molecule has 0 fully saturated rings. The Kier molecular flexibility index (Phi) is 279. The summed E-state index contributed by atoms with van der Waals surface area (Å²) in [6.45, 7) is 3.86. The maximum Gasteiger partial charge on any atom is 0.0402 e. The van der Waals surface area contributed by atoms with Gasteiger partial charge < -0.3 is 21.5 Å². The van der Waals surface area contributed by atoms with Gasteiger partial charge in [-0.3, -0.25) is 0 Å². The monoisotopic (exact) mass is 141 g/mol. The van der Waals surface area contributed by atoms with E-state index in [9.17, 15) is 0 Å². The molecular formula is C5H19NO3. The fraction of sp³-hybridized carbons (Fsp3) is 1.00. The van der Waals surface area contributed by atoms with Gasteiger partial charge in [-0.1, -0.05) is 0 Å². The lowest BCUT2D eigenvalue weighted by Crippen LogP contribution is -1.57. The predicted molar refractivity (Wildman–Crippen MR) is 38.7 cm³/mol. The lowest BCUT2D eigenvalue weighted by molar-refractivity contribution is 0.318. The Morgan fingerprint density at radius 1 is 0.889 bits per heavy atom. The SMILES string of the molecule is CCO.CCO.CO.N. The molecule has 0 saturated carbocycles. The highest BCUT2D eigenvalue weighted by Crippen LogP contribution is 1.30. The predicted octanol–water partition coefficient (Wildman–Crippen LogP) is -0.232. The summed E-state index contributed by atoms with van der Waals surface area (Å²) >= 11 is 0. The van der Waals surface area contributed by atoms with Crippen LogP contribution in [0.4, 0.5) is 0 Å². The maximum absolute atomic E-state index is 7.57. The van der Waals surface area contributed by atoms with Crippen LogP contribution in [0.3, 0.4) is 0 Å². The zero-order chi connectivity index (χ0) is 7.41. The molecule has 0 bridgehead atoms. The molecule has 0 amide bonds. The van der Waals surface area contributed by atoms with Gasteiger partial charge in [0.15, 0.2) is 0 Å². The minimum atomic E-state index is 0. The molecule has 0 heterocycles. The van der Waals surface area contributed by atoms with E-state index in [1.165, 1.54) is 0 Å². The minimum Gasteiger partial charge on any atom is -0.400 e. The van der Waals surface area contributed by atoms with Crippen LogP contribution in [-0.4, -0.2) is 35.6 Å². The quantitative estimate of drug-likeness (QED) is 0.374. The normalized spacial score (nSPS) is 4.67. The number of hydrogen-bond acceptors (Lipinski definition) is 4. The molecule has 6 N–H and O–H groups in total. The number of aliphatic hydroxyl groups excluding tert-OH is 3. The molecule has 0 aromatic rings. The maximum atomic E-state index is 7.57. The summed E-state index contributed by atoms with van der Waals surface area (Å²) in [5.74, 6) is 0. The van der Waals surface area contributed by atoms with Crippen LogP contribution >= 0.6 is 0 Å². The third-order valence-corrected chi connectivity index (χ3v) is 0. The van der Waals surface area contributed by atoms with E-state index in [2.05, 4.69) is 0 Å². The smallest absolute Gasteiger partial charge is 0.0402 e. The van der Waals surface area contributed by atoms with E-state index < -0.39 is 0 Å². The largest absolute Gasteiger partial charge is 0.400 e. The van der Waals surface area contributed by atoms with Crippen molar-refractivity contribution in [3.05, 3.63) is 0 Å². The highest BCUT2D eigenvalue weighted by Gasteiger charge is 1.34. The van der Waals surface area contributed by atoms with E-state index in [1.54, 1.807) is 13.8 Å². The Morgan fingerprint density at radius 2 is 0.889 bits per heavy atom. The molecule has 0 aliphatic heterocycles. The number of rotatable bonds is 0. The number of hydrogen-bond donors (Lipinski definition) is 4. The lowest BCUT2D eigenvalue weighted by Gasteiger charge is -1.52. The molecule has 0 radical (unpaired) electrons. The molecule has 0 atom stereocenters. The molecule has 0 rings (SSSR count). The average molecular weight is 141 g/mol. The molecule has 0 aliphatic carbocycles. The van der Waals surface area contributed by atoms with E-state index in [1.807, 2.05) is 0 Å². The first-order chi connectivity index (χ1) is 3.83. The van der Waals surface area contributed by atoms with Crippen molar-refractivity contribution in [3.63, 3.8) is 0 Å². The topological polar surface area (TPSA) is 95.7 Å². The molecule has 0 unspecified atom stereocenters. The molecule has 0 aromatic carbocycles. The second kappa shape index (κ2) is 108.